The average Bonchev–Trinajstić information content (AvgIpc) is 2.39. The fraction of sp³-hybridized carbons (Fsp3) is 0.417. The minimum Gasteiger partial charge on any atom is -0.383 e. The van der Waals surface area contributed by atoms with Gasteiger partial charge in [0.25, 0.3) is 5.56 Å². The maximum absolute atomic E-state index is 12.2. The van der Waals surface area contributed by atoms with Crippen LogP contribution < -0.4 is 5.56 Å². The molecular weight excluding hydrogens is 289 g/mol. The molecule has 0 aliphatic carbocycles. The first-order chi connectivity index (χ1) is 9.08. The average molecular weight is 302 g/mol. The Kier molecular flexibility index (Phi) is 4.39. The van der Waals surface area contributed by atoms with E-state index >= 15 is 0 Å². The molecule has 2 rings (SSSR count). The number of nitrogens with zero attached hydrogens (tertiary/aromatic N) is 3. The van der Waals surface area contributed by atoms with E-state index < -0.39 is 0 Å². The molecule has 0 aromatic carbocycles. The molecule has 0 saturated carbocycles. The van der Waals surface area contributed by atoms with Gasteiger partial charge >= 0.3 is 0 Å². The van der Waals surface area contributed by atoms with Crippen molar-refractivity contribution in [3.63, 3.8) is 0 Å². The topological polar surface area (TPSA) is 57.0 Å². The highest BCUT2D eigenvalue weighted by Gasteiger charge is 2.18. The summed E-state index contributed by atoms with van der Waals surface area (Å²) >= 11 is 11.8. The van der Waals surface area contributed by atoms with E-state index in [-0.39, 0.29) is 16.8 Å². The van der Waals surface area contributed by atoms with Crippen LogP contribution in [0.3, 0.4) is 0 Å². The quantitative estimate of drug-likeness (QED) is 0.815. The highest BCUT2D eigenvalue weighted by Crippen LogP contribution is 2.19. The third kappa shape index (κ3) is 2.73. The molecular formula is C12H13Cl2N3O2. The number of pyridine rings is 1. The Hall–Kier alpha value is -1.17. The summed E-state index contributed by atoms with van der Waals surface area (Å²) in [6, 6.07) is 3.14. The summed E-state index contributed by atoms with van der Waals surface area (Å²) in [4.78, 5) is 20.4. The minimum atomic E-state index is -0.382. The van der Waals surface area contributed by atoms with Crippen molar-refractivity contribution in [3.05, 3.63) is 32.8 Å². The van der Waals surface area contributed by atoms with Gasteiger partial charge in [-0.3, -0.25) is 9.36 Å². The third-order valence-corrected chi connectivity index (χ3v) is 3.31. The van der Waals surface area contributed by atoms with E-state index in [4.69, 9.17) is 27.9 Å². The Balaban J connectivity index is 2.78. The molecule has 0 aliphatic rings. The second-order valence-corrected chi connectivity index (χ2v) is 4.82. The number of fused-ring (bicyclic) bond motifs is 1. The maximum atomic E-state index is 12.2. The van der Waals surface area contributed by atoms with Gasteiger partial charge in [-0.1, -0.05) is 30.1 Å². The van der Waals surface area contributed by atoms with Crippen LogP contribution >= 0.6 is 23.2 Å². The first-order valence-corrected chi connectivity index (χ1v) is 6.57. The monoisotopic (exact) mass is 301 g/mol. The molecule has 0 fully saturated rings. The molecule has 5 nitrogen and oxygen atoms in total. The smallest absolute Gasteiger partial charge is 0.290 e. The van der Waals surface area contributed by atoms with Crippen LogP contribution in [0.5, 0.6) is 0 Å². The Morgan fingerprint density at radius 1 is 1.37 bits per heavy atom. The fourth-order valence-electron chi connectivity index (χ4n) is 1.94. The fourth-order valence-corrected chi connectivity index (χ4v) is 2.26. The number of rotatable bonds is 4. The molecule has 102 valence electrons. The van der Waals surface area contributed by atoms with Crippen molar-refractivity contribution < 1.29 is 4.74 Å². The third-order valence-electron chi connectivity index (χ3n) is 2.86. The first kappa shape index (κ1) is 14.2. The van der Waals surface area contributed by atoms with Crippen LogP contribution in [0, 0.1) is 0 Å². The van der Waals surface area contributed by atoms with Crippen molar-refractivity contribution in [1.82, 2.24) is 14.5 Å². The summed E-state index contributed by atoms with van der Waals surface area (Å²) in [6.45, 7) is 2.35. The predicted octanol–water partition coefficient (Wildman–Crippen LogP) is 2.70. The molecule has 0 radical (unpaired) electrons. The lowest BCUT2D eigenvalue weighted by molar-refractivity contribution is 0.153. The predicted molar refractivity (Wildman–Crippen MR) is 75.0 cm³/mol. The lowest BCUT2D eigenvalue weighted by Crippen LogP contribution is -2.29. The normalized spacial score (nSPS) is 12.8. The number of methoxy groups -OCH3 is 1. The summed E-state index contributed by atoms with van der Waals surface area (Å²) in [6.07, 6.45) is 0.706. The molecule has 0 spiro atoms. The number of aromatic nitrogens is 3. The highest BCUT2D eigenvalue weighted by atomic mass is 35.5. The van der Waals surface area contributed by atoms with Gasteiger partial charge in [0.15, 0.2) is 10.8 Å². The molecule has 7 heteroatoms. The molecule has 2 heterocycles. The van der Waals surface area contributed by atoms with Gasteiger partial charge in [-0.2, -0.15) is 0 Å². The Morgan fingerprint density at radius 2 is 2.11 bits per heavy atom. The molecule has 0 unspecified atom stereocenters. The van der Waals surface area contributed by atoms with Crippen LogP contribution in [-0.4, -0.2) is 28.3 Å². The lowest BCUT2D eigenvalue weighted by atomic mass is 10.2. The van der Waals surface area contributed by atoms with Crippen molar-refractivity contribution in [2.45, 2.75) is 19.4 Å². The molecule has 2 aromatic heterocycles. The summed E-state index contributed by atoms with van der Waals surface area (Å²) in [5, 5.41) is 0.225. The number of halogens is 2. The molecule has 0 N–H and O–H groups in total. The van der Waals surface area contributed by atoms with Gasteiger partial charge in [0.05, 0.1) is 12.6 Å². The van der Waals surface area contributed by atoms with Crippen molar-refractivity contribution in [3.8, 4) is 0 Å². The van der Waals surface area contributed by atoms with Crippen molar-refractivity contribution >= 4 is 34.4 Å². The summed E-state index contributed by atoms with van der Waals surface area (Å²) in [7, 11) is 1.58. The molecule has 0 aliphatic heterocycles. The van der Waals surface area contributed by atoms with Crippen LogP contribution in [-0.2, 0) is 4.74 Å². The van der Waals surface area contributed by atoms with Gasteiger partial charge in [0, 0.05) is 7.11 Å². The van der Waals surface area contributed by atoms with Gasteiger partial charge in [0.2, 0.25) is 0 Å². The second-order valence-electron chi connectivity index (χ2n) is 4.07. The Morgan fingerprint density at radius 3 is 2.74 bits per heavy atom. The van der Waals surface area contributed by atoms with Crippen LogP contribution in [0.2, 0.25) is 10.3 Å². The minimum absolute atomic E-state index is 0.0776. The van der Waals surface area contributed by atoms with Gasteiger partial charge in [-0.25, -0.2) is 9.97 Å². The zero-order chi connectivity index (χ0) is 14.0. The van der Waals surface area contributed by atoms with E-state index in [0.29, 0.717) is 29.3 Å². The van der Waals surface area contributed by atoms with E-state index in [1.54, 1.807) is 19.2 Å². The van der Waals surface area contributed by atoms with Crippen molar-refractivity contribution in [1.29, 1.82) is 0 Å². The summed E-state index contributed by atoms with van der Waals surface area (Å²) in [5.74, 6) is 0. The van der Waals surface area contributed by atoms with Crippen LogP contribution in [0.15, 0.2) is 16.9 Å². The van der Waals surface area contributed by atoms with E-state index in [1.165, 1.54) is 4.57 Å². The van der Waals surface area contributed by atoms with Crippen LogP contribution in [0.25, 0.3) is 11.2 Å². The van der Waals surface area contributed by atoms with Gasteiger partial charge in [0.1, 0.15) is 10.7 Å². The van der Waals surface area contributed by atoms with E-state index in [1.807, 2.05) is 6.92 Å². The number of hydrogen-bond donors (Lipinski definition) is 0. The SMILES string of the molecule is CC[C@H](COC)n1c(=O)c(Cl)nc2ccc(Cl)nc21. The zero-order valence-corrected chi connectivity index (χ0v) is 12.1. The van der Waals surface area contributed by atoms with E-state index in [0.717, 1.165) is 0 Å². The van der Waals surface area contributed by atoms with Gasteiger partial charge < -0.3 is 4.74 Å². The van der Waals surface area contributed by atoms with Crippen LogP contribution in [0.4, 0.5) is 0 Å². The molecule has 0 saturated heterocycles. The Labute approximate surface area is 120 Å². The zero-order valence-electron chi connectivity index (χ0n) is 10.6. The summed E-state index contributed by atoms with van der Waals surface area (Å²) < 4.78 is 6.64. The van der Waals surface area contributed by atoms with E-state index in [2.05, 4.69) is 9.97 Å². The van der Waals surface area contributed by atoms with Gasteiger partial charge in [-0.15, -0.1) is 0 Å². The summed E-state index contributed by atoms with van der Waals surface area (Å²) in [5.41, 5.74) is 0.571. The number of hydrogen-bond acceptors (Lipinski definition) is 4. The molecule has 0 bridgehead atoms. The largest absolute Gasteiger partial charge is 0.383 e. The second kappa shape index (κ2) is 5.86. The molecule has 2 aromatic rings. The Bertz CT molecular complexity index is 657. The van der Waals surface area contributed by atoms with Crippen LogP contribution in [0.1, 0.15) is 19.4 Å². The highest BCUT2D eigenvalue weighted by molar-refractivity contribution is 6.30. The number of ether oxygens (including phenoxy) is 1. The molecule has 19 heavy (non-hydrogen) atoms. The lowest BCUT2D eigenvalue weighted by Gasteiger charge is -2.19. The van der Waals surface area contributed by atoms with Crippen molar-refractivity contribution in [2.75, 3.05) is 13.7 Å². The standard InChI is InChI=1S/C12H13Cl2N3O2/c1-3-7(6-19-2)17-11-8(4-5-9(13)16-11)15-10(14)12(17)18/h4-5,7H,3,6H2,1-2H3/t7-/m1/s1. The first-order valence-electron chi connectivity index (χ1n) is 5.81. The maximum Gasteiger partial charge on any atom is 0.290 e. The van der Waals surface area contributed by atoms with Gasteiger partial charge in [-0.05, 0) is 18.6 Å². The molecule has 0 amide bonds. The van der Waals surface area contributed by atoms with Crippen molar-refractivity contribution in [2.24, 2.45) is 0 Å². The van der Waals surface area contributed by atoms with E-state index in [9.17, 15) is 4.79 Å². The molecule has 1 atom stereocenters.